The zero-order valence-electron chi connectivity index (χ0n) is 17.2. The summed E-state index contributed by atoms with van der Waals surface area (Å²) < 4.78 is 43.5. The molecule has 4 rings (SSSR count). The van der Waals surface area contributed by atoms with Gasteiger partial charge in [0.25, 0.3) is 5.91 Å². The molecule has 0 bridgehead atoms. The number of rotatable bonds is 9. The predicted molar refractivity (Wildman–Crippen MR) is 110 cm³/mol. The van der Waals surface area contributed by atoms with Gasteiger partial charge in [-0.2, -0.15) is 14.0 Å². The number of alkyl halides is 2. The summed E-state index contributed by atoms with van der Waals surface area (Å²) in [5, 5.41) is 11.4. The number of carbonyl (C=O) groups excluding carboxylic acids is 1. The molecule has 8 nitrogen and oxygen atoms in total. The van der Waals surface area contributed by atoms with Crippen molar-refractivity contribution in [2.24, 2.45) is 0 Å². The van der Waals surface area contributed by atoms with Crippen LogP contribution in [0.15, 0.2) is 36.7 Å². The average molecular weight is 442 g/mol. The number of hydrogen-bond donors (Lipinski definition) is 1. The first-order valence-electron chi connectivity index (χ1n) is 9.95. The molecule has 1 aliphatic carbocycles. The number of nitriles is 1. The van der Waals surface area contributed by atoms with E-state index in [4.69, 9.17) is 14.7 Å². The van der Waals surface area contributed by atoms with Gasteiger partial charge in [-0.1, -0.05) is 0 Å². The highest BCUT2D eigenvalue weighted by molar-refractivity contribution is 6.01. The Kier molecular flexibility index (Phi) is 6.07. The number of nitrogens with one attached hydrogen (secondary N) is 1. The lowest BCUT2D eigenvalue weighted by atomic mass is 10.1. The summed E-state index contributed by atoms with van der Waals surface area (Å²) in [4.78, 5) is 17.0. The molecule has 3 aromatic rings. The molecule has 0 atom stereocenters. The molecule has 1 aliphatic rings. The number of pyridine rings is 1. The maximum absolute atomic E-state index is 13.1. The third-order valence-corrected chi connectivity index (χ3v) is 4.90. The van der Waals surface area contributed by atoms with E-state index < -0.39 is 12.5 Å². The van der Waals surface area contributed by atoms with Crippen LogP contribution in [0.5, 0.6) is 17.2 Å². The van der Waals surface area contributed by atoms with Gasteiger partial charge in [0.1, 0.15) is 35.1 Å². The van der Waals surface area contributed by atoms with Crippen LogP contribution < -0.4 is 19.5 Å². The molecule has 0 unspecified atom stereocenters. The van der Waals surface area contributed by atoms with Crippen LogP contribution in [0.3, 0.4) is 0 Å². The smallest absolute Gasteiger partial charge is 0.387 e. The number of carbonyl (C=O) groups is 1. The highest BCUT2D eigenvalue weighted by atomic mass is 19.3. The fourth-order valence-electron chi connectivity index (χ4n) is 3.28. The molecule has 0 saturated heterocycles. The largest absolute Gasteiger partial charge is 0.496 e. The van der Waals surface area contributed by atoms with Crippen LogP contribution in [0.4, 0.5) is 8.78 Å². The van der Waals surface area contributed by atoms with Gasteiger partial charge in [-0.3, -0.25) is 9.20 Å². The van der Waals surface area contributed by atoms with Crippen molar-refractivity contribution in [1.29, 1.82) is 5.26 Å². The molecular weight excluding hydrogens is 422 g/mol. The normalized spacial score (nSPS) is 13.1. The second-order valence-electron chi connectivity index (χ2n) is 7.17. The molecule has 1 aromatic carbocycles. The maximum Gasteiger partial charge on any atom is 0.387 e. The van der Waals surface area contributed by atoms with Gasteiger partial charge in [0, 0.05) is 23.9 Å². The number of fused-ring (bicyclic) bond motifs is 1. The number of methoxy groups -OCH3 is 1. The van der Waals surface area contributed by atoms with Crippen LogP contribution in [0.25, 0.3) is 16.9 Å². The zero-order chi connectivity index (χ0) is 22.7. The minimum Gasteiger partial charge on any atom is -0.496 e. The fraction of sp³-hybridized carbons (Fsp3) is 0.318. The van der Waals surface area contributed by atoms with Gasteiger partial charge < -0.3 is 19.5 Å². The SMILES string of the molecule is COc1cc(-c2cnc3cc(OCCC#N)ccn23)cc(OC(F)F)c1C(=O)NC1CC1. The topological polar surface area (TPSA) is 97.9 Å². The summed E-state index contributed by atoms with van der Waals surface area (Å²) in [5.74, 6) is -0.137. The van der Waals surface area contributed by atoms with E-state index in [-0.39, 0.29) is 36.1 Å². The maximum atomic E-state index is 13.1. The molecule has 32 heavy (non-hydrogen) atoms. The molecule has 0 aliphatic heterocycles. The van der Waals surface area contributed by atoms with Crippen LogP contribution in [0.2, 0.25) is 0 Å². The van der Waals surface area contributed by atoms with Gasteiger partial charge in [0.05, 0.1) is 31.5 Å². The highest BCUT2D eigenvalue weighted by Crippen LogP contribution is 2.37. The number of hydrogen-bond acceptors (Lipinski definition) is 6. The summed E-state index contributed by atoms with van der Waals surface area (Å²) >= 11 is 0. The monoisotopic (exact) mass is 442 g/mol. The van der Waals surface area contributed by atoms with E-state index in [0.717, 1.165) is 12.8 Å². The average Bonchev–Trinajstić information content (AvgIpc) is 3.48. The van der Waals surface area contributed by atoms with Crippen molar-refractivity contribution in [3.8, 4) is 34.6 Å². The molecule has 2 heterocycles. The summed E-state index contributed by atoms with van der Waals surface area (Å²) in [5.41, 5.74) is 1.53. The molecule has 10 heteroatoms. The first kappa shape index (κ1) is 21.4. The summed E-state index contributed by atoms with van der Waals surface area (Å²) in [6.07, 6.45) is 5.24. The van der Waals surface area contributed by atoms with Crippen molar-refractivity contribution >= 4 is 11.6 Å². The van der Waals surface area contributed by atoms with Crippen molar-refractivity contribution in [1.82, 2.24) is 14.7 Å². The fourth-order valence-corrected chi connectivity index (χ4v) is 3.28. The standard InChI is InChI=1S/C22H20F2N4O4/c1-30-17-9-13(10-18(32-22(23)24)20(17)21(29)27-14-3-4-14)16-12-26-19-11-15(5-7-28(16)19)31-8-2-6-25/h5,7,9-12,14,22H,2-4,8H2,1H3,(H,27,29). The third-order valence-electron chi connectivity index (χ3n) is 4.90. The molecule has 0 spiro atoms. The minimum atomic E-state index is -3.11. The van der Waals surface area contributed by atoms with Gasteiger partial charge in [0.15, 0.2) is 0 Å². The Morgan fingerprint density at radius 1 is 1.34 bits per heavy atom. The predicted octanol–water partition coefficient (Wildman–Crippen LogP) is 3.80. The van der Waals surface area contributed by atoms with Gasteiger partial charge in [-0.05, 0) is 31.0 Å². The van der Waals surface area contributed by atoms with E-state index in [1.807, 2.05) is 6.07 Å². The number of imidazole rings is 1. The first-order chi connectivity index (χ1) is 15.5. The van der Waals surface area contributed by atoms with E-state index in [1.54, 1.807) is 35.0 Å². The number of halogens is 2. The number of aromatic nitrogens is 2. The Morgan fingerprint density at radius 3 is 2.81 bits per heavy atom. The van der Waals surface area contributed by atoms with E-state index in [0.29, 0.717) is 22.7 Å². The van der Waals surface area contributed by atoms with E-state index >= 15 is 0 Å². The van der Waals surface area contributed by atoms with Crippen LogP contribution >= 0.6 is 0 Å². The first-order valence-corrected chi connectivity index (χ1v) is 9.95. The number of benzene rings is 1. The minimum absolute atomic E-state index is 0.0367. The van der Waals surface area contributed by atoms with Gasteiger partial charge in [0.2, 0.25) is 0 Å². The number of nitrogens with zero attached hydrogens (tertiary/aromatic N) is 3. The number of ether oxygens (including phenoxy) is 3. The molecule has 1 N–H and O–H groups in total. The summed E-state index contributed by atoms with van der Waals surface area (Å²) in [7, 11) is 1.36. The van der Waals surface area contributed by atoms with E-state index in [2.05, 4.69) is 15.0 Å². The Balaban J connectivity index is 1.73. The van der Waals surface area contributed by atoms with E-state index in [9.17, 15) is 13.6 Å². The van der Waals surface area contributed by atoms with Gasteiger partial charge in [-0.25, -0.2) is 4.98 Å². The zero-order valence-corrected chi connectivity index (χ0v) is 17.2. The molecule has 166 valence electrons. The highest BCUT2D eigenvalue weighted by Gasteiger charge is 2.29. The third kappa shape index (κ3) is 4.56. The molecule has 0 radical (unpaired) electrons. The lowest BCUT2D eigenvalue weighted by Crippen LogP contribution is -2.26. The van der Waals surface area contributed by atoms with E-state index in [1.165, 1.54) is 13.2 Å². The molecule has 1 saturated carbocycles. The van der Waals surface area contributed by atoms with Crippen LogP contribution in [0.1, 0.15) is 29.6 Å². The lowest BCUT2D eigenvalue weighted by molar-refractivity contribution is -0.0502. The summed E-state index contributed by atoms with van der Waals surface area (Å²) in [6, 6.07) is 8.41. The van der Waals surface area contributed by atoms with Crippen LogP contribution in [-0.2, 0) is 0 Å². The van der Waals surface area contributed by atoms with Crippen molar-refractivity contribution < 1.29 is 27.8 Å². The Labute approximate surface area is 182 Å². The second-order valence-corrected chi connectivity index (χ2v) is 7.17. The molecular formula is C22H20F2N4O4. The Hall–Kier alpha value is -3.87. The lowest BCUT2D eigenvalue weighted by Gasteiger charge is -2.16. The number of amides is 1. The van der Waals surface area contributed by atoms with Crippen molar-refractivity contribution in [2.45, 2.75) is 31.9 Å². The Bertz CT molecular complexity index is 1180. The van der Waals surface area contributed by atoms with Crippen molar-refractivity contribution in [3.05, 3.63) is 42.2 Å². The molecule has 2 aromatic heterocycles. The quantitative estimate of drug-likeness (QED) is 0.507. The molecule has 1 amide bonds. The second kappa shape index (κ2) is 9.09. The molecule has 1 fully saturated rings. The summed E-state index contributed by atoms with van der Waals surface area (Å²) in [6.45, 7) is -2.85. The Morgan fingerprint density at radius 2 is 2.12 bits per heavy atom. The van der Waals surface area contributed by atoms with Gasteiger partial charge in [-0.15, -0.1) is 0 Å². The van der Waals surface area contributed by atoms with Crippen LogP contribution in [0, 0.1) is 11.3 Å². The van der Waals surface area contributed by atoms with Crippen LogP contribution in [-0.4, -0.2) is 41.7 Å². The van der Waals surface area contributed by atoms with Crippen molar-refractivity contribution in [2.75, 3.05) is 13.7 Å². The van der Waals surface area contributed by atoms with Gasteiger partial charge >= 0.3 is 6.61 Å². The van der Waals surface area contributed by atoms with Crippen molar-refractivity contribution in [3.63, 3.8) is 0 Å².